The number of hydrogen-bond donors (Lipinski definition) is 0. The number of unbranched alkanes of at least 4 members (excludes halogenated alkanes) is 2. The number of carbonyl (C=O) groups is 2. The first kappa shape index (κ1) is 21.8. The number of hydrogen-bond acceptors (Lipinski definition) is 3. The fraction of sp³-hybridized carbons (Fsp3) is 0.385. The molecule has 0 aliphatic carbocycles. The maximum atomic E-state index is 13.5. The van der Waals surface area contributed by atoms with Crippen molar-refractivity contribution in [2.45, 2.75) is 53.5 Å². The van der Waals surface area contributed by atoms with Gasteiger partial charge in [-0.05, 0) is 43.9 Å². The van der Waals surface area contributed by atoms with Crippen molar-refractivity contribution in [1.82, 2.24) is 9.80 Å². The highest BCUT2D eigenvalue weighted by Crippen LogP contribution is 2.34. The first-order chi connectivity index (χ1) is 14.5. The molecular formula is C26H32N2O2. The van der Waals surface area contributed by atoms with Crippen molar-refractivity contribution in [3.63, 3.8) is 0 Å². The number of likely N-dealkylation sites (N-methyl/N-ethyl adjacent to an activating group) is 1. The summed E-state index contributed by atoms with van der Waals surface area (Å²) in [7, 11) is 0. The van der Waals surface area contributed by atoms with E-state index < -0.39 is 0 Å². The standard InChI is InChI=1S/C26H32N2O2/c1-5-7-11-16-28-25(29)23(22-15-14-19(3)17-20(22)4)24(26(28)30)27(6-2)18-21-12-9-8-10-13-21/h8-10,12-15,17H,5-7,11,16,18H2,1-4H3. The third kappa shape index (κ3) is 4.48. The van der Waals surface area contributed by atoms with E-state index in [1.165, 1.54) is 4.90 Å². The second-order valence-electron chi connectivity index (χ2n) is 8.01. The zero-order valence-corrected chi connectivity index (χ0v) is 18.6. The molecule has 0 fully saturated rings. The van der Waals surface area contributed by atoms with Gasteiger partial charge in [-0.2, -0.15) is 0 Å². The van der Waals surface area contributed by atoms with Gasteiger partial charge in [0.2, 0.25) is 0 Å². The lowest BCUT2D eigenvalue weighted by Crippen LogP contribution is -2.35. The first-order valence-corrected chi connectivity index (χ1v) is 10.9. The molecule has 4 nitrogen and oxygen atoms in total. The van der Waals surface area contributed by atoms with E-state index in [9.17, 15) is 9.59 Å². The average Bonchev–Trinajstić information content (AvgIpc) is 2.97. The van der Waals surface area contributed by atoms with Gasteiger partial charge in [-0.25, -0.2) is 0 Å². The molecule has 2 aromatic carbocycles. The second-order valence-corrected chi connectivity index (χ2v) is 8.01. The van der Waals surface area contributed by atoms with E-state index in [1.54, 1.807) is 0 Å². The van der Waals surface area contributed by atoms with Crippen molar-refractivity contribution in [2.75, 3.05) is 13.1 Å². The smallest absolute Gasteiger partial charge is 0.277 e. The minimum atomic E-state index is -0.163. The van der Waals surface area contributed by atoms with Crippen molar-refractivity contribution in [3.05, 3.63) is 76.5 Å². The van der Waals surface area contributed by atoms with Crippen LogP contribution in [-0.4, -0.2) is 34.7 Å². The Kier molecular flexibility index (Phi) is 7.09. The monoisotopic (exact) mass is 404 g/mol. The van der Waals surface area contributed by atoms with Crippen LogP contribution in [0.25, 0.3) is 5.57 Å². The largest absolute Gasteiger partial charge is 0.362 e. The van der Waals surface area contributed by atoms with Crippen LogP contribution in [0.5, 0.6) is 0 Å². The maximum absolute atomic E-state index is 13.5. The molecule has 0 aromatic heterocycles. The number of benzene rings is 2. The summed E-state index contributed by atoms with van der Waals surface area (Å²) in [5, 5.41) is 0. The van der Waals surface area contributed by atoms with Gasteiger partial charge in [0.1, 0.15) is 5.70 Å². The molecule has 1 aliphatic heterocycles. The van der Waals surface area contributed by atoms with Crippen LogP contribution in [0.1, 0.15) is 55.4 Å². The van der Waals surface area contributed by atoms with Gasteiger partial charge in [0.05, 0.1) is 5.57 Å². The molecule has 0 radical (unpaired) electrons. The zero-order chi connectivity index (χ0) is 21.7. The number of rotatable bonds is 9. The van der Waals surface area contributed by atoms with Crippen molar-refractivity contribution in [3.8, 4) is 0 Å². The Hall–Kier alpha value is -2.88. The molecule has 1 heterocycles. The van der Waals surface area contributed by atoms with Crippen LogP contribution >= 0.6 is 0 Å². The van der Waals surface area contributed by atoms with E-state index in [4.69, 9.17) is 0 Å². The summed E-state index contributed by atoms with van der Waals surface area (Å²) in [6.07, 6.45) is 2.90. The van der Waals surface area contributed by atoms with E-state index >= 15 is 0 Å². The van der Waals surface area contributed by atoms with E-state index in [-0.39, 0.29) is 11.8 Å². The maximum Gasteiger partial charge on any atom is 0.277 e. The predicted octanol–water partition coefficient (Wildman–Crippen LogP) is 5.10. The van der Waals surface area contributed by atoms with Crippen LogP contribution < -0.4 is 0 Å². The molecule has 0 bridgehead atoms. The Morgan fingerprint density at radius 2 is 1.63 bits per heavy atom. The third-order valence-corrected chi connectivity index (χ3v) is 5.69. The van der Waals surface area contributed by atoms with Crippen LogP contribution in [-0.2, 0) is 16.1 Å². The van der Waals surface area contributed by atoms with E-state index in [1.807, 2.05) is 56.0 Å². The summed E-state index contributed by atoms with van der Waals surface area (Å²) in [6, 6.07) is 16.2. The molecule has 0 N–H and O–H groups in total. The van der Waals surface area contributed by atoms with E-state index in [0.717, 1.165) is 41.5 Å². The molecule has 4 heteroatoms. The summed E-state index contributed by atoms with van der Waals surface area (Å²) < 4.78 is 0. The summed E-state index contributed by atoms with van der Waals surface area (Å²) in [5.74, 6) is -0.326. The van der Waals surface area contributed by atoms with Crippen molar-refractivity contribution >= 4 is 17.4 Å². The summed E-state index contributed by atoms with van der Waals surface area (Å²) in [6.45, 7) is 9.94. The van der Waals surface area contributed by atoms with Gasteiger partial charge >= 0.3 is 0 Å². The minimum absolute atomic E-state index is 0.162. The van der Waals surface area contributed by atoms with Gasteiger partial charge < -0.3 is 4.90 Å². The van der Waals surface area contributed by atoms with Crippen LogP contribution in [0.2, 0.25) is 0 Å². The molecule has 30 heavy (non-hydrogen) atoms. The highest BCUT2D eigenvalue weighted by atomic mass is 16.2. The lowest BCUT2D eigenvalue weighted by atomic mass is 9.97. The van der Waals surface area contributed by atoms with Gasteiger partial charge in [0.15, 0.2) is 0 Å². The number of nitrogens with zero attached hydrogens (tertiary/aromatic N) is 2. The van der Waals surface area contributed by atoms with Crippen LogP contribution in [0.15, 0.2) is 54.2 Å². The molecule has 0 saturated carbocycles. The van der Waals surface area contributed by atoms with Gasteiger partial charge in [-0.15, -0.1) is 0 Å². The molecule has 0 atom stereocenters. The molecule has 3 rings (SSSR count). The Bertz CT molecular complexity index is 947. The Labute approximate surface area is 180 Å². The molecular weight excluding hydrogens is 372 g/mol. The van der Waals surface area contributed by atoms with Gasteiger partial charge in [-0.1, -0.05) is 73.9 Å². The molecule has 2 amide bonds. The molecule has 0 saturated heterocycles. The highest BCUT2D eigenvalue weighted by molar-refractivity contribution is 6.35. The normalized spacial score (nSPS) is 14.1. The fourth-order valence-electron chi connectivity index (χ4n) is 4.07. The lowest BCUT2D eigenvalue weighted by molar-refractivity contribution is -0.137. The zero-order valence-electron chi connectivity index (χ0n) is 18.6. The Morgan fingerprint density at radius 1 is 0.900 bits per heavy atom. The van der Waals surface area contributed by atoms with E-state index in [0.29, 0.717) is 30.9 Å². The van der Waals surface area contributed by atoms with Gasteiger partial charge in [0.25, 0.3) is 11.8 Å². The number of carbonyl (C=O) groups excluding carboxylic acids is 2. The SMILES string of the molecule is CCCCCN1C(=O)C(c2ccc(C)cc2C)=C(N(CC)Cc2ccccc2)C1=O. The Balaban J connectivity index is 2.06. The number of amides is 2. The number of imide groups is 1. The lowest BCUT2D eigenvalue weighted by Gasteiger charge is -2.25. The van der Waals surface area contributed by atoms with Crippen LogP contribution in [0.3, 0.4) is 0 Å². The predicted molar refractivity (Wildman–Crippen MR) is 122 cm³/mol. The average molecular weight is 405 g/mol. The third-order valence-electron chi connectivity index (χ3n) is 5.69. The summed E-state index contributed by atoms with van der Waals surface area (Å²) in [5.41, 5.74) is 5.23. The fourth-order valence-corrected chi connectivity index (χ4v) is 4.07. The van der Waals surface area contributed by atoms with Crippen molar-refractivity contribution < 1.29 is 9.59 Å². The van der Waals surface area contributed by atoms with Crippen molar-refractivity contribution in [2.24, 2.45) is 0 Å². The topological polar surface area (TPSA) is 40.6 Å². The van der Waals surface area contributed by atoms with Gasteiger partial charge in [-0.3, -0.25) is 14.5 Å². The second kappa shape index (κ2) is 9.75. The molecule has 2 aromatic rings. The van der Waals surface area contributed by atoms with Crippen LogP contribution in [0, 0.1) is 13.8 Å². The molecule has 0 unspecified atom stereocenters. The van der Waals surface area contributed by atoms with Crippen molar-refractivity contribution in [1.29, 1.82) is 0 Å². The summed E-state index contributed by atoms with van der Waals surface area (Å²) >= 11 is 0. The van der Waals surface area contributed by atoms with E-state index in [2.05, 4.69) is 25.1 Å². The summed E-state index contributed by atoms with van der Waals surface area (Å²) in [4.78, 5) is 30.4. The molecule has 1 aliphatic rings. The first-order valence-electron chi connectivity index (χ1n) is 10.9. The molecule has 158 valence electrons. The number of aryl methyl sites for hydroxylation is 2. The van der Waals surface area contributed by atoms with Crippen LogP contribution in [0.4, 0.5) is 0 Å². The Morgan fingerprint density at radius 3 is 2.27 bits per heavy atom. The minimum Gasteiger partial charge on any atom is -0.362 e. The highest BCUT2D eigenvalue weighted by Gasteiger charge is 2.41. The quantitative estimate of drug-likeness (QED) is 0.431. The molecule has 0 spiro atoms. The van der Waals surface area contributed by atoms with Gasteiger partial charge in [0, 0.05) is 19.6 Å².